The van der Waals surface area contributed by atoms with Gasteiger partial charge in [-0.05, 0) is 6.42 Å². The van der Waals surface area contributed by atoms with Crippen LogP contribution in [0.3, 0.4) is 0 Å². The molecule has 0 spiro atoms. The second-order valence-electron chi connectivity index (χ2n) is 7.08. The Morgan fingerprint density at radius 3 is 1.91 bits per heavy atom. The van der Waals surface area contributed by atoms with E-state index in [2.05, 4.69) is 6.92 Å². The SMILES string of the molecule is CCC1(COC/C=C\COCC23COC(C)(OC2)OC3)COC1. The van der Waals surface area contributed by atoms with Crippen molar-refractivity contribution in [1.82, 2.24) is 0 Å². The van der Waals surface area contributed by atoms with Gasteiger partial charge in [0.15, 0.2) is 0 Å². The van der Waals surface area contributed by atoms with E-state index in [1.807, 2.05) is 12.2 Å². The zero-order valence-electron chi connectivity index (χ0n) is 14.2. The fourth-order valence-corrected chi connectivity index (χ4v) is 2.83. The summed E-state index contributed by atoms with van der Waals surface area (Å²) >= 11 is 0. The number of ether oxygens (including phenoxy) is 6. The maximum absolute atomic E-state index is 5.72. The van der Waals surface area contributed by atoms with Gasteiger partial charge in [0, 0.05) is 12.3 Å². The zero-order valence-corrected chi connectivity index (χ0v) is 14.2. The summed E-state index contributed by atoms with van der Waals surface area (Å²) in [6.45, 7) is 10.0. The average Bonchev–Trinajstić information content (AvgIpc) is 2.54. The lowest BCUT2D eigenvalue weighted by molar-refractivity contribution is -0.462. The van der Waals surface area contributed by atoms with Gasteiger partial charge < -0.3 is 28.4 Å². The Balaban J connectivity index is 1.25. The van der Waals surface area contributed by atoms with Crippen molar-refractivity contribution >= 4 is 0 Å². The third kappa shape index (κ3) is 4.13. The minimum atomic E-state index is -0.847. The van der Waals surface area contributed by atoms with Crippen molar-refractivity contribution in [2.24, 2.45) is 10.8 Å². The van der Waals surface area contributed by atoms with E-state index < -0.39 is 5.97 Å². The van der Waals surface area contributed by atoms with Crippen molar-refractivity contribution in [2.45, 2.75) is 26.2 Å². The minimum Gasteiger partial charge on any atom is -0.380 e. The van der Waals surface area contributed by atoms with Crippen LogP contribution in [0.25, 0.3) is 0 Å². The highest BCUT2D eigenvalue weighted by Gasteiger charge is 2.50. The van der Waals surface area contributed by atoms with Crippen LogP contribution in [-0.4, -0.2) is 65.4 Å². The van der Waals surface area contributed by atoms with Crippen LogP contribution >= 0.6 is 0 Å². The van der Waals surface area contributed by atoms with E-state index in [1.165, 1.54) is 0 Å². The Labute approximate surface area is 138 Å². The molecule has 0 aromatic carbocycles. The predicted molar refractivity (Wildman–Crippen MR) is 83.0 cm³/mol. The van der Waals surface area contributed by atoms with E-state index in [1.54, 1.807) is 6.92 Å². The Kier molecular flexibility index (Phi) is 5.40. The molecule has 0 aromatic heterocycles. The van der Waals surface area contributed by atoms with Gasteiger partial charge in [-0.3, -0.25) is 0 Å². The first-order valence-corrected chi connectivity index (χ1v) is 8.40. The first-order valence-electron chi connectivity index (χ1n) is 8.40. The molecule has 4 aliphatic rings. The van der Waals surface area contributed by atoms with Crippen molar-refractivity contribution in [3.63, 3.8) is 0 Å². The van der Waals surface area contributed by atoms with Gasteiger partial charge in [0.05, 0.1) is 64.9 Å². The van der Waals surface area contributed by atoms with Crippen LogP contribution in [0.1, 0.15) is 20.3 Å². The fraction of sp³-hybridized carbons (Fsp3) is 0.882. The first-order chi connectivity index (χ1) is 11.1. The van der Waals surface area contributed by atoms with E-state index in [-0.39, 0.29) is 10.8 Å². The van der Waals surface area contributed by atoms with Crippen LogP contribution in [0.5, 0.6) is 0 Å². The third-order valence-corrected chi connectivity index (χ3v) is 4.90. The molecule has 0 aliphatic carbocycles. The molecule has 0 atom stereocenters. The maximum Gasteiger partial charge on any atom is 0.279 e. The molecule has 2 bridgehead atoms. The van der Waals surface area contributed by atoms with Crippen LogP contribution in [0.4, 0.5) is 0 Å². The van der Waals surface area contributed by atoms with Crippen LogP contribution in [0, 0.1) is 10.8 Å². The minimum absolute atomic E-state index is 0.167. The second-order valence-corrected chi connectivity index (χ2v) is 7.08. The summed E-state index contributed by atoms with van der Waals surface area (Å²) in [5.74, 6) is -0.847. The maximum atomic E-state index is 5.72. The average molecular weight is 328 g/mol. The first kappa shape index (κ1) is 17.3. The largest absolute Gasteiger partial charge is 0.380 e. The second kappa shape index (κ2) is 7.17. The molecule has 0 radical (unpaired) electrons. The molecular formula is C17H28O6. The number of rotatable bonds is 9. The normalized spacial score (nSPS) is 35.6. The van der Waals surface area contributed by atoms with Crippen LogP contribution < -0.4 is 0 Å². The van der Waals surface area contributed by atoms with Gasteiger partial charge in [-0.1, -0.05) is 19.1 Å². The molecule has 4 aliphatic heterocycles. The molecule has 4 rings (SSSR count). The summed E-state index contributed by atoms with van der Waals surface area (Å²) in [6.07, 6.45) is 5.10. The molecule has 0 N–H and O–H groups in total. The Morgan fingerprint density at radius 2 is 1.43 bits per heavy atom. The Morgan fingerprint density at radius 1 is 0.870 bits per heavy atom. The van der Waals surface area contributed by atoms with E-state index >= 15 is 0 Å². The molecule has 132 valence electrons. The highest BCUT2D eigenvalue weighted by Crippen LogP contribution is 2.38. The Hall–Kier alpha value is -0.500. The monoisotopic (exact) mass is 328 g/mol. The molecule has 4 heterocycles. The number of hydrogen-bond acceptors (Lipinski definition) is 6. The van der Waals surface area contributed by atoms with Crippen molar-refractivity contribution in [2.75, 3.05) is 59.5 Å². The molecule has 4 saturated heterocycles. The molecule has 23 heavy (non-hydrogen) atoms. The van der Waals surface area contributed by atoms with Crippen LogP contribution in [0.2, 0.25) is 0 Å². The van der Waals surface area contributed by atoms with Gasteiger partial charge in [0.1, 0.15) is 0 Å². The zero-order chi connectivity index (χ0) is 16.2. The molecule has 6 heteroatoms. The molecule has 0 unspecified atom stereocenters. The smallest absolute Gasteiger partial charge is 0.279 e. The van der Waals surface area contributed by atoms with Crippen LogP contribution in [0.15, 0.2) is 12.2 Å². The van der Waals surface area contributed by atoms with Crippen molar-refractivity contribution in [3.05, 3.63) is 12.2 Å². The molecular weight excluding hydrogens is 300 g/mol. The molecule has 6 nitrogen and oxygen atoms in total. The standard InChI is InChI=1S/C17H28O6/c1-3-16(9-20-10-16)8-18-6-4-5-7-19-11-17-12-21-15(2,22-13-17)23-14-17/h4-5H,3,6-14H2,1-2H3/b5-4-. The quantitative estimate of drug-likeness (QED) is 0.475. The van der Waals surface area contributed by atoms with E-state index in [4.69, 9.17) is 28.4 Å². The number of hydrogen-bond donors (Lipinski definition) is 0. The molecule has 4 fully saturated rings. The summed E-state index contributed by atoms with van der Waals surface area (Å²) in [4.78, 5) is 0. The summed E-state index contributed by atoms with van der Waals surface area (Å²) in [6, 6.07) is 0. The summed E-state index contributed by atoms with van der Waals surface area (Å²) in [7, 11) is 0. The fourth-order valence-electron chi connectivity index (χ4n) is 2.83. The van der Waals surface area contributed by atoms with Crippen molar-refractivity contribution in [1.29, 1.82) is 0 Å². The van der Waals surface area contributed by atoms with E-state index in [9.17, 15) is 0 Å². The number of fused-ring (bicyclic) bond motifs is 3. The van der Waals surface area contributed by atoms with Gasteiger partial charge in [0.25, 0.3) is 5.97 Å². The van der Waals surface area contributed by atoms with Gasteiger partial charge in [-0.15, -0.1) is 0 Å². The van der Waals surface area contributed by atoms with E-state index in [0.717, 1.165) is 26.2 Å². The Bertz CT molecular complexity index is 387. The lowest BCUT2D eigenvalue weighted by Crippen LogP contribution is -2.60. The highest BCUT2D eigenvalue weighted by atomic mass is 16.9. The molecule has 0 aromatic rings. The lowest BCUT2D eigenvalue weighted by atomic mass is 9.84. The van der Waals surface area contributed by atoms with Gasteiger partial charge >= 0.3 is 0 Å². The topological polar surface area (TPSA) is 55.4 Å². The van der Waals surface area contributed by atoms with Crippen molar-refractivity contribution in [3.8, 4) is 0 Å². The van der Waals surface area contributed by atoms with Gasteiger partial charge in [-0.25, -0.2) is 0 Å². The summed E-state index contributed by atoms with van der Waals surface area (Å²) in [5.41, 5.74) is 0.0831. The summed E-state index contributed by atoms with van der Waals surface area (Å²) < 4.78 is 33.4. The molecule has 0 amide bonds. The third-order valence-electron chi connectivity index (χ3n) is 4.90. The van der Waals surface area contributed by atoms with Gasteiger partial charge in [-0.2, -0.15) is 0 Å². The molecule has 0 saturated carbocycles. The lowest BCUT2D eigenvalue weighted by Gasteiger charge is -2.50. The summed E-state index contributed by atoms with van der Waals surface area (Å²) in [5, 5.41) is 0. The predicted octanol–water partition coefficient (Wildman–Crippen LogP) is 1.74. The highest BCUT2D eigenvalue weighted by molar-refractivity contribution is 4.89. The van der Waals surface area contributed by atoms with E-state index in [0.29, 0.717) is 39.6 Å². The van der Waals surface area contributed by atoms with Crippen molar-refractivity contribution < 1.29 is 28.4 Å². The van der Waals surface area contributed by atoms with Gasteiger partial charge in [0.2, 0.25) is 0 Å². The van der Waals surface area contributed by atoms with Crippen LogP contribution in [-0.2, 0) is 28.4 Å².